The van der Waals surface area contributed by atoms with Crippen molar-refractivity contribution in [1.29, 1.82) is 0 Å². The molecule has 1 amide bonds. The van der Waals surface area contributed by atoms with E-state index in [2.05, 4.69) is 4.72 Å². The van der Waals surface area contributed by atoms with Crippen molar-refractivity contribution < 1.29 is 17.9 Å². The van der Waals surface area contributed by atoms with Crippen LogP contribution in [0.3, 0.4) is 0 Å². The Hall–Kier alpha value is -2.38. The zero-order chi connectivity index (χ0) is 18.9. The summed E-state index contributed by atoms with van der Waals surface area (Å²) < 4.78 is 33.0. The predicted octanol–water partition coefficient (Wildman–Crippen LogP) is 2.18. The second kappa shape index (κ2) is 7.09. The molecule has 0 aliphatic carbocycles. The smallest absolute Gasteiger partial charge is 0.240 e. The monoisotopic (exact) mass is 374 g/mol. The number of anilines is 1. The minimum Gasteiger partial charge on any atom is -0.492 e. The van der Waals surface area contributed by atoms with Gasteiger partial charge in [-0.15, -0.1) is 0 Å². The molecule has 1 N–H and O–H groups in total. The maximum Gasteiger partial charge on any atom is 0.240 e. The summed E-state index contributed by atoms with van der Waals surface area (Å²) >= 11 is 0. The fourth-order valence-corrected chi connectivity index (χ4v) is 3.91. The molecule has 0 bridgehead atoms. The van der Waals surface area contributed by atoms with Gasteiger partial charge >= 0.3 is 0 Å². The minimum atomic E-state index is -3.65. The zero-order valence-electron chi connectivity index (χ0n) is 15.1. The SMILES string of the molecule is Cc1ccc(OCCNS(=O)(=O)c2ccc3c(c2)CC(=O)N3C)cc1C. The molecule has 1 aliphatic rings. The summed E-state index contributed by atoms with van der Waals surface area (Å²) in [5.74, 6) is 0.677. The molecule has 0 unspecified atom stereocenters. The van der Waals surface area contributed by atoms with E-state index in [1.165, 1.54) is 16.5 Å². The molecule has 1 heterocycles. The second-order valence-electron chi connectivity index (χ2n) is 6.41. The number of carbonyl (C=O) groups excluding carboxylic acids is 1. The number of fused-ring (bicyclic) bond motifs is 1. The molecule has 0 radical (unpaired) electrons. The molecule has 3 rings (SSSR count). The summed E-state index contributed by atoms with van der Waals surface area (Å²) in [6, 6.07) is 10.5. The number of amides is 1. The Kier molecular flexibility index (Phi) is 5.02. The van der Waals surface area contributed by atoms with Crippen LogP contribution in [0, 0.1) is 13.8 Å². The third-order valence-corrected chi connectivity index (χ3v) is 6.04. The van der Waals surface area contributed by atoms with E-state index in [0.717, 1.165) is 16.8 Å². The highest BCUT2D eigenvalue weighted by atomic mass is 32.2. The number of nitrogens with zero attached hydrogens (tertiary/aromatic N) is 1. The first kappa shape index (κ1) is 18.4. The van der Waals surface area contributed by atoms with Gasteiger partial charge in [-0.25, -0.2) is 13.1 Å². The first-order valence-electron chi connectivity index (χ1n) is 8.37. The average molecular weight is 374 g/mol. The predicted molar refractivity (Wildman–Crippen MR) is 100 cm³/mol. The Balaban J connectivity index is 1.60. The van der Waals surface area contributed by atoms with Crippen molar-refractivity contribution in [3.63, 3.8) is 0 Å². The Labute approximate surface area is 153 Å². The summed E-state index contributed by atoms with van der Waals surface area (Å²) in [5.41, 5.74) is 3.79. The summed E-state index contributed by atoms with van der Waals surface area (Å²) in [4.78, 5) is 13.4. The molecule has 0 aromatic heterocycles. The number of nitrogens with one attached hydrogen (secondary N) is 1. The summed E-state index contributed by atoms with van der Waals surface area (Å²) in [7, 11) is -1.96. The number of carbonyl (C=O) groups is 1. The summed E-state index contributed by atoms with van der Waals surface area (Å²) in [6.45, 7) is 4.41. The molecule has 7 heteroatoms. The number of ether oxygens (including phenoxy) is 1. The Bertz CT molecular complexity index is 954. The van der Waals surface area contributed by atoms with Crippen LogP contribution in [0.2, 0.25) is 0 Å². The largest absolute Gasteiger partial charge is 0.492 e. The van der Waals surface area contributed by atoms with E-state index >= 15 is 0 Å². The highest BCUT2D eigenvalue weighted by Crippen LogP contribution is 2.29. The van der Waals surface area contributed by atoms with Gasteiger partial charge in [0.25, 0.3) is 0 Å². The molecule has 0 fully saturated rings. The van der Waals surface area contributed by atoms with Crippen LogP contribution in [-0.4, -0.2) is 34.5 Å². The van der Waals surface area contributed by atoms with Gasteiger partial charge in [-0.3, -0.25) is 4.79 Å². The van der Waals surface area contributed by atoms with Crippen LogP contribution in [0.15, 0.2) is 41.3 Å². The standard InChI is InChI=1S/C19H22N2O4S/c1-13-4-5-16(10-14(13)2)25-9-8-20-26(23,24)17-6-7-18-15(11-17)12-19(22)21(18)3/h4-7,10-11,20H,8-9,12H2,1-3H3. The topological polar surface area (TPSA) is 75.7 Å². The lowest BCUT2D eigenvalue weighted by molar-refractivity contribution is -0.117. The number of sulfonamides is 1. The highest BCUT2D eigenvalue weighted by molar-refractivity contribution is 7.89. The van der Waals surface area contributed by atoms with Crippen molar-refractivity contribution in [3.8, 4) is 5.75 Å². The minimum absolute atomic E-state index is 0.0377. The first-order valence-corrected chi connectivity index (χ1v) is 9.85. The number of hydrogen-bond donors (Lipinski definition) is 1. The molecule has 26 heavy (non-hydrogen) atoms. The highest BCUT2D eigenvalue weighted by Gasteiger charge is 2.26. The van der Waals surface area contributed by atoms with Crippen LogP contribution < -0.4 is 14.4 Å². The quantitative estimate of drug-likeness (QED) is 0.787. The summed E-state index contributed by atoms with van der Waals surface area (Å²) in [5, 5.41) is 0. The van der Waals surface area contributed by atoms with E-state index in [0.29, 0.717) is 5.75 Å². The van der Waals surface area contributed by atoms with Gasteiger partial charge in [-0.1, -0.05) is 6.07 Å². The molecule has 0 saturated carbocycles. The van der Waals surface area contributed by atoms with Gasteiger partial charge in [-0.05, 0) is 60.9 Å². The molecular formula is C19H22N2O4S. The van der Waals surface area contributed by atoms with Crippen LogP contribution in [0.25, 0.3) is 0 Å². The lowest BCUT2D eigenvalue weighted by atomic mass is 10.1. The maximum absolute atomic E-state index is 12.4. The van der Waals surface area contributed by atoms with Crippen LogP contribution in [0.5, 0.6) is 5.75 Å². The second-order valence-corrected chi connectivity index (χ2v) is 8.18. The van der Waals surface area contributed by atoms with Gasteiger partial charge < -0.3 is 9.64 Å². The van der Waals surface area contributed by atoms with Crippen molar-refractivity contribution in [2.45, 2.75) is 25.2 Å². The van der Waals surface area contributed by atoms with E-state index in [9.17, 15) is 13.2 Å². The number of hydrogen-bond acceptors (Lipinski definition) is 4. The first-order chi connectivity index (χ1) is 12.3. The fourth-order valence-electron chi connectivity index (χ4n) is 2.85. The van der Waals surface area contributed by atoms with Gasteiger partial charge in [0.15, 0.2) is 0 Å². The number of aryl methyl sites for hydroxylation is 2. The van der Waals surface area contributed by atoms with Crippen molar-refractivity contribution in [3.05, 3.63) is 53.1 Å². The normalized spacial score (nSPS) is 13.8. The third-order valence-electron chi connectivity index (χ3n) is 4.58. The third kappa shape index (κ3) is 3.73. The molecule has 1 aliphatic heterocycles. The van der Waals surface area contributed by atoms with Crippen molar-refractivity contribution in [2.75, 3.05) is 25.1 Å². The molecule has 6 nitrogen and oxygen atoms in total. The summed E-state index contributed by atoms with van der Waals surface area (Å²) in [6.07, 6.45) is 0.227. The number of rotatable bonds is 6. The van der Waals surface area contributed by atoms with Gasteiger partial charge in [0.05, 0.1) is 11.3 Å². The average Bonchev–Trinajstić information content (AvgIpc) is 2.89. The molecule has 0 atom stereocenters. The van der Waals surface area contributed by atoms with Gasteiger partial charge in [0.1, 0.15) is 12.4 Å². The lowest BCUT2D eigenvalue weighted by Gasteiger charge is -2.12. The van der Waals surface area contributed by atoms with Crippen LogP contribution in [0.4, 0.5) is 5.69 Å². The van der Waals surface area contributed by atoms with Crippen molar-refractivity contribution in [1.82, 2.24) is 4.72 Å². The van der Waals surface area contributed by atoms with E-state index in [1.54, 1.807) is 19.2 Å². The van der Waals surface area contributed by atoms with Crippen LogP contribution in [0.1, 0.15) is 16.7 Å². The molecular weight excluding hydrogens is 352 g/mol. The molecule has 0 spiro atoms. The van der Waals surface area contributed by atoms with Gasteiger partial charge in [-0.2, -0.15) is 0 Å². The van der Waals surface area contributed by atoms with Crippen molar-refractivity contribution in [2.24, 2.45) is 0 Å². The molecule has 2 aromatic carbocycles. The molecule has 138 valence electrons. The van der Waals surface area contributed by atoms with Gasteiger partial charge in [0, 0.05) is 19.3 Å². The van der Waals surface area contributed by atoms with E-state index in [1.807, 2.05) is 32.0 Å². The van der Waals surface area contributed by atoms with Gasteiger partial charge in [0.2, 0.25) is 15.9 Å². The number of benzene rings is 2. The lowest BCUT2D eigenvalue weighted by Crippen LogP contribution is -2.28. The van der Waals surface area contributed by atoms with E-state index < -0.39 is 10.0 Å². The van der Waals surface area contributed by atoms with Crippen molar-refractivity contribution >= 4 is 21.6 Å². The molecule has 0 saturated heterocycles. The molecule has 2 aromatic rings. The maximum atomic E-state index is 12.4. The van der Waals surface area contributed by atoms with Crippen LogP contribution >= 0.6 is 0 Å². The zero-order valence-corrected chi connectivity index (χ0v) is 15.9. The Morgan fingerprint density at radius 1 is 1.12 bits per heavy atom. The Morgan fingerprint density at radius 2 is 1.88 bits per heavy atom. The Morgan fingerprint density at radius 3 is 2.62 bits per heavy atom. The van der Waals surface area contributed by atoms with E-state index in [4.69, 9.17) is 4.74 Å². The van der Waals surface area contributed by atoms with Crippen LogP contribution in [-0.2, 0) is 21.2 Å². The number of likely N-dealkylation sites (N-methyl/N-ethyl adjacent to an activating group) is 1. The van der Waals surface area contributed by atoms with E-state index in [-0.39, 0.29) is 30.4 Å². The fraction of sp³-hybridized carbons (Fsp3) is 0.316.